The van der Waals surface area contributed by atoms with Crippen molar-refractivity contribution in [2.45, 2.75) is 45.4 Å². The minimum absolute atomic E-state index is 0.251. The molecule has 0 spiro atoms. The number of nitrogens with one attached hydrogen (secondary N) is 1. The van der Waals surface area contributed by atoms with E-state index in [0.29, 0.717) is 18.0 Å². The molecule has 1 atom stereocenters. The van der Waals surface area contributed by atoms with Crippen LogP contribution in [0.4, 0.5) is 10.5 Å². The van der Waals surface area contributed by atoms with Crippen molar-refractivity contribution in [3.63, 3.8) is 0 Å². The van der Waals surface area contributed by atoms with Gasteiger partial charge in [0.1, 0.15) is 11.4 Å². The predicted molar refractivity (Wildman–Crippen MR) is 121 cm³/mol. The van der Waals surface area contributed by atoms with Crippen LogP contribution in [0, 0.1) is 0 Å². The summed E-state index contributed by atoms with van der Waals surface area (Å²) < 4.78 is 10.9. The lowest BCUT2D eigenvalue weighted by Crippen LogP contribution is -2.26. The second-order valence-electron chi connectivity index (χ2n) is 8.39. The highest BCUT2D eigenvalue weighted by Crippen LogP contribution is 2.36. The molecule has 0 amide bonds. The highest BCUT2D eigenvalue weighted by molar-refractivity contribution is 5.96. The van der Waals surface area contributed by atoms with Crippen molar-refractivity contribution < 1.29 is 24.5 Å². The molecule has 6 nitrogen and oxygen atoms in total. The van der Waals surface area contributed by atoms with E-state index in [1.165, 1.54) is 0 Å². The summed E-state index contributed by atoms with van der Waals surface area (Å²) in [6.07, 6.45) is -1.44. The Morgan fingerprint density at radius 3 is 2.32 bits per heavy atom. The fourth-order valence-electron chi connectivity index (χ4n) is 3.32. The molecule has 0 aliphatic heterocycles. The number of aliphatic hydroxyl groups excluding tert-OH is 2. The zero-order chi connectivity index (χ0) is 22.4. The molecule has 164 valence electrons. The summed E-state index contributed by atoms with van der Waals surface area (Å²) in [6, 6.07) is 19.1. The van der Waals surface area contributed by atoms with Crippen LogP contribution in [0.3, 0.4) is 0 Å². The Kier molecular flexibility index (Phi) is 7.15. The van der Waals surface area contributed by atoms with Crippen molar-refractivity contribution in [3.8, 4) is 5.75 Å². The van der Waals surface area contributed by atoms with Gasteiger partial charge in [0.15, 0.2) is 0 Å². The second kappa shape index (κ2) is 9.81. The molecule has 0 bridgehead atoms. The van der Waals surface area contributed by atoms with Crippen LogP contribution in [0.2, 0.25) is 0 Å². The topological polar surface area (TPSA) is 88.0 Å². The van der Waals surface area contributed by atoms with Crippen LogP contribution in [0.25, 0.3) is 10.8 Å². The van der Waals surface area contributed by atoms with Crippen LogP contribution >= 0.6 is 0 Å². The summed E-state index contributed by atoms with van der Waals surface area (Å²) >= 11 is 0. The van der Waals surface area contributed by atoms with Gasteiger partial charge in [0.2, 0.25) is 0 Å². The van der Waals surface area contributed by atoms with E-state index in [9.17, 15) is 15.0 Å². The van der Waals surface area contributed by atoms with Crippen molar-refractivity contribution in [1.82, 2.24) is 0 Å². The van der Waals surface area contributed by atoms with Gasteiger partial charge in [-0.2, -0.15) is 0 Å². The molecule has 0 aromatic heterocycles. The molecular formula is C25H29NO5. The van der Waals surface area contributed by atoms with Gasteiger partial charge in [0, 0.05) is 30.1 Å². The number of carbonyl (C=O) groups excluding carboxylic acids is 1. The standard InChI is InChI=1S/C25H29NO5/c1-25(2,3)31-24(29)30-23-14-22(26-15-17-9-5-4-6-10-17)21(13-18(28)16-27)19-11-7-8-12-20(19)23/h4-12,14,18,26-28H,13,15-16H2,1-3H3/t18-/m0/s1. The van der Waals surface area contributed by atoms with Crippen molar-refractivity contribution >= 4 is 22.6 Å². The third kappa shape index (κ3) is 6.20. The van der Waals surface area contributed by atoms with Gasteiger partial charge in [-0.25, -0.2) is 4.79 Å². The number of hydrogen-bond acceptors (Lipinski definition) is 6. The van der Waals surface area contributed by atoms with Crippen LogP contribution in [-0.2, 0) is 17.7 Å². The van der Waals surface area contributed by atoms with Crippen LogP contribution in [0.5, 0.6) is 5.75 Å². The Labute approximate surface area is 182 Å². The number of hydrogen-bond donors (Lipinski definition) is 3. The molecule has 0 aliphatic carbocycles. The minimum Gasteiger partial charge on any atom is -0.428 e. The normalized spacial score (nSPS) is 12.4. The van der Waals surface area contributed by atoms with E-state index in [2.05, 4.69) is 5.32 Å². The SMILES string of the molecule is CC(C)(C)OC(=O)Oc1cc(NCc2ccccc2)c(C[C@H](O)CO)c2ccccc12. The van der Waals surface area contributed by atoms with E-state index in [-0.39, 0.29) is 13.0 Å². The molecule has 3 aromatic rings. The Balaban J connectivity index is 2.02. The van der Waals surface area contributed by atoms with Crippen LogP contribution in [-0.4, -0.2) is 34.7 Å². The largest absolute Gasteiger partial charge is 0.514 e. The Morgan fingerprint density at radius 1 is 1.03 bits per heavy atom. The second-order valence-corrected chi connectivity index (χ2v) is 8.39. The van der Waals surface area contributed by atoms with E-state index in [0.717, 1.165) is 21.9 Å². The van der Waals surface area contributed by atoms with Crippen molar-refractivity contribution in [2.24, 2.45) is 0 Å². The van der Waals surface area contributed by atoms with Gasteiger partial charge in [-0.3, -0.25) is 0 Å². The number of carbonyl (C=O) groups is 1. The first-order valence-electron chi connectivity index (χ1n) is 10.3. The number of rotatable bonds is 7. The molecule has 3 N–H and O–H groups in total. The molecule has 6 heteroatoms. The lowest BCUT2D eigenvalue weighted by Gasteiger charge is -2.21. The fraction of sp³-hybridized carbons (Fsp3) is 0.320. The van der Waals surface area contributed by atoms with Gasteiger partial charge in [-0.1, -0.05) is 54.6 Å². The Morgan fingerprint density at radius 2 is 1.68 bits per heavy atom. The monoisotopic (exact) mass is 423 g/mol. The Hall–Kier alpha value is -3.09. The predicted octanol–water partition coefficient (Wildman–Crippen LogP) is 4.66. The zero-order valence-electron chi connectivity index (χ0n) is 18.1. The van der Waals surface area contributed by atoms with Crippen molar-refractivity contribution in [2.75, 3.05) is 11.9 Å². The number of ether oxygens (including phenoxy) is 2. The maximum atomic E-state index is 12.3. The van der Waals surface area contributed by atoms with E-state index in [4.69, 9.17) is 9.47 Å². The maximum absolute atomic E-state index is 12.3. The van der Waals surface area contributed by atoms with Gasteiger partial charge >= 0.3 is 6.16 Å². The smallest absolute Gasteiger partial charge is 0.428 e. The summed E-state index contributed by atoms with van der Waals surface area (Å²) in [5, 5.41) is 24.5. The summed E-state index contributed by atoms with van der Waals surface area (Å²) in [5.41, 5.74) is 1.96. The molecule has 0 fully saturated rings. The first-order valence-corrected chi connectivity index (χ1v) is 10.3. The lowest BCUT2D eigenvalue weighted by atomic mass is 9.97. The maximum Gasteiger partial charge on any atom is 0.514 e. The van der Waals surface area contributed by atoms with E-state index in [1.807, 2.05) is 54.6 Å². The first-order chi connectivity index (χ1) is 14.8. The van der Waals surface area contributed by atoms with E-state index < -0.39 is 17.9 Å². The van der Waals surface area contributed by atoms with Gasteiger partial charge < -0.3 is 25.0 Å². The Bertz CT molecular complexity index is 1030. The highest BCUT2D eigenvalue weighted by atomic mass is 16.7. The molecular weight excluding hydrogens is 394 g/mol. The average molecular weight is 424 g/mol. The fourth-order valence-corrected chi connectivity index (χ4v) is 3.32. The van der Waals surface area contributed by atoms with Crippen molar-refractivity contribution in [3.05, 3.63) is 71.8 Å². The molecule has 0 aliphatic rings. The lowest BCUT2D eigenvalue weighted by molar-refractivity contribution is 0.0209. The van der Waals surface area contributed by atoms with Gasteiger partial charge in [-0.15, -0.1) is 0 Å². The number of benzene rings is 3. The molecule has 0 radical (unpaired) electrons. The molecule has 0 saturated carbocycles. The number of aliphatic hydroxyl groups is 2. The molecule has 0 heterocycles. The molecule has 0 unspecified atom stereocenters. The van der Waals surface area contributed by atoms with Crippen LogP contribution < -0.4 is 10.1 Å². The zero-order valence-corrected chi connectivity index (χ0v) is 18.1. The third-order valence-corrected chi connectivity index (χ3v) is 4.68. The summed E-state index contributed by atoms with van der Waals surface area (Å²) in [5.74, 6) is 0.364. The van der Waals surface area contributed by atoms with Crippen molar-refractivity contribution in [1.29, 1.82) is 0 Å². The molecule has 3 rings (SSSR count). The van der Waals surface area contributed by atoms with Gasteiger partial charge in [-0.05, 0) is 37.3 Å². The molecule has 0 saturated heterocycles. The van der Waals surface area contributed by atoms with Gasteiger partial charge in [0.25, 0.3) is 0 Å². The summed E-state index contributed by atoms with van der Waals surface area (Å²) in [7, 11) is 0. The number of fused-ring (bicyclic) bond motifs is 1. The quantitative estimate of drug-likeness (QED) is 0.378. The first kappa shape index (κ1) is 22.6. The average Bonchev–Trinajstić information content (AvgIpc) is 2.73. The van der Waals surface area contributed by atoms with E-state index in [1.54, 1.807) is 26.8 Å². The number of anilines is 1. The third-order valence-electron chi connectivity index (χ3n) is 4.68. The molecule has 31 heavy (non-hydrogen) atoms. The minimum atomic E-state index is -0.904. The summed E-state index contributed by atoms with van der Waals surface area (Å²) in [4.78, 5) is 12.3. The summed E-state index contributed by atoms with van der Waals surface area (Å²) in [6.45, 7) is 5.53. The van der Waals surface area contributed by atoms with Gasteiger partial charge in [0.05, 0.1) is 12.7 Å². The van der Waals surface area contributed by atoms with E-state index >= 15 is 0 Å². The van der Waals surface area contributed by atoms with Crippen LogP contribution in [0.15, 0.2) is 60.7 Å². The molecule has 3 aromatic carbocycles. The van der Waals surface area contributed by atoms with Crippen LogP contribution in [0.1, 0.15) is 31.9 Å². The highest BCUT2D eigenvalue weighted by Gasteiger charge is 2.21.